The molecular weight excluding hydrogens is 295 g/mol. The van der Waals surface area contributed by atoms with Gasteiger partial charge in [0.2, 0.25) is 5.82 Å². The molecule has 2 unspecified atom stereocenters. The zero-order valence-corrected chi connectivity index (χ0v) is 12.3. The molecule has 2 atom stereocenters. The van der Waals surface area contributed by atoms with Crippen LogP contribution in [0.15, 0.2) is 6.33 Å². The van der Waals surface area contributed by atoms with Crippen molar-refractivity contribution in [2.45, 2.75) is 45.3 Å². The van der Waals surface area contributed by atoms with Gasteiger partial charge in [0.15, 0.2) is 11.5 Å². The summed E-state index contributed by atoms with van der Waals surface area (Å²) in [6, 6.07) is 0. The smallest absolute Gasteiger partial charge is 0.382 e. The van der Waals surface area contributed by atoms with Crippen LogP contribution in [0, 0.1) is 11.8 Å². The number of alkyl halides is 3. The van der Waals surface area contributed by atoms with Crippen molar-refractivity contribution in [3.05, 3.63) is 12.2 Å². The highest BCUT2D eigenvalue weighted by molar-refractivity contribution is 5.81. The van der Waals surface area contributed by atoms with E-state index in [1.54, 1.807) is 4.57 Å². The van der Waals surface area contributed by atoms with Gasteiger partial charge in [-0.3, -0.25) is 0 Å². The fourth-order valence-corrected chi connectivity index (χ4v) is 3.14. The summed E-state index contributed by atoms with van der Waals surface area (Å²) in [6.07, 6.45) is 1.50. The lowest BCUT2D eigenvalue weighted by molar-refractivity contribution is -0.144. The number of aromatic nitrogens is 4. The standard InChI is InChI=1S/C14H18F3N5/c1-8-4-2-3-5-9(8)6-22-7-19-10-11(18)20-13(14(15,16)17)21-12(10)22/h7-9H,2-6H2,1H3,(H2,18,20,21). The lowest BCUT2D eigenvalue weighted by Crippen LogP contribution is -2.22. The SMILES string of the molecule is CC1CCCCC1Cn1cnc2c(N)nc(C(F)(F)F)nc21. The van der Waals surface area contributed by atoms with Crippen molar-refractivity contribution < 1.29 is 13.2 Å². The quantitative estimate of drug-likeness (QED) is 0.924. The molecule has 22 heavy (non-hydrogen) atoms. The van der Waals surface area contributed by atoms with E-state index >= 15 is 0 Å². The van der Waals surface area contributed by atoms with E-state index < -0.39 is 12.0 Å². The summed E-state index contributed by atoms with van der Waals surface area (Å²) >= 11 is 0. The highest BCUT2D eigenvalue weighted by Crippen LogP contribution is 2.32. The number of nitrogens with two attached hydrogens (primary N) is 1. The summed E-state index contributed by atoms with van der Waals surface area (Å²) in [5, 5.41) is 0. The minimum atomic E-state index is -4.62. The highest BCUT2D eigenvalue weighted by Gasteiger charge is 2.36. The van der Waals surface area contributed by atoms with Crippen LogP contribution in [0.5, 0.6) is 0 Å². The predicted octanol–water partition coefficient (Wildman–Crippen LogP) is 3.25. The first-order chi connectivity index (χ1) is 10.4. The topological polar surface area (TPSA) is 69.6 Å². The molecule has 1 aliphatic rings. The van der Waals surface area contributed by atoms with Crippen LogP contribution in [0.2, 0.25) is 0 Å². The maximum absolute atomic E-state index is 12.8. The average molecular weight is 313 g/mol. The molecule has 1 saturated carbocycles. The molecule has 2 aromatic heterocycles. The zero-order chi connectivity index (χ0) is 15.9. The Hall–Kier alpha value is -1.86. The molecule has 0 amide bonds. The van der Waals surface area contributed by atoms with E-state index in [1.165, 1.54) is 12.7 Å². The van der Waals surface area contributed by atoms with Crippen LogP contribution >= 0.6 is 0 Å². The van der Waals surface area contributed by atoms with Crippen LogP contribution < -0.4 is 5.73 Å². The van der Waals surface area contributed by atoms with Gasteiger partial charge in [0, 0.05) is 6.54 Å². The molecular formula is C14H18F3N5. The summed E-state index contributed by atoms with van der Waals surface area (Å²) in [7, 11) is 0. The molecule has 0 spiro atoms. The third kappa shape index (κ3) is 2.74. The summed E-state index contributed by atoms with van der Waals surface area (Å²) in [5.41, 5.74) is 6.00. The second kappa shape index (κ2) is 5.40. The first-order valence-electron chi connectivity index (χ1n) is 7.42. The van der Waals surface area contributed by atoms with Crippen LogP contribution in [0.25, 0.3) is 11.2 Å². The van der Waals surface area contributed by atoms with Gasteiger partial charge in [-0.2, -0.15) is 13.2 Å². The van der Waals surface area contributed by atoms with E-state index in [0.717, 1.165) is 19.3 Å². The summed E-state index contributed by atoms with van der Waals surface area (Å²) in [5.74, 6) is -0.465. The van der Waals surface area contributed by atoms with Crippen LogP contribution in [0.4, 0.5) is 19.0 Å². The zero-order valence-electron chi connectivity index (χ0n) is 12.3. The fraction of sp³-hybridized carbons (Fsp3) is 0.643. The number of halogens is 3. The predicted molar refractivity (Wildman–Crippen MR) is 75.9 cm³/mol. The molecule has 3 rings (SSSR count). The first kappa shape index (κ1) is 15.1. The molecule has 0 bridgehead atoms. The van der Waals surface area contributed by atoms with Crippen molar-refractivity contribution in [3.8, 4) is 0 Å². The van der Waals surface area contributed by atoms with E-state index in [2.05, 4.69) is 21.9 Å². The molecule has 0 saturated heterocycles. The highest BCUT2D eigenvalue weighted by atomic mass is 19.4. The van der Waals surface area contributed by atoms with Gasteiger partial charge in [0.25, 0.3) is 0 Å². The van der Waals surface area contributed by atoms with Crippen molar-refractivity contribution in [3.63, 3.8) is 0 Å². The lowest BCUT2D eigenvalue weighted by Gasteiger charge is -2.28. The molecule has 2 N–H and O–H groups in total. The third-order valence-electron chi connectivity index (χ3n) is 4.46. The van der Waals surface area contributed by atoms with Gasteiger partial charge in [-0.15, -0.1) is 0 Å². The van der Waals surface area contributed by atoms with Gasteiger partial charge in [-0.05, 0) is 18.3 Å². The minimum absolute atomic E-state index is 0.164. The Morgan fingerprint density at radius 3 is 2.68 bits per heavy atom. The van der Waals surface area contributed by atoms with Gasteiger partial charge in [0.05, 0.1) is 6.33 Å². The van der Waals surface area contributed by atoms with Crippen molar-refractivity contribution >= 4 is 17.0 Å². The summed E-state index contributed by atoms with van der Waals surface area (Å²) in [4.78, 5) is 11.0. The second-order valence-electron chi connectivity index (χ2n) is 6.02. The lowest BCUT2D eigenvalue weighted by atomic mass is 9.80. The number of anilines is 1. The van der Waals surface area contributed by atoms with Gasteiger partial charge in [-0.25, -0.2) is 15.0 Å². The number of nitrogens with zero attached hydrogens (tertiary/aromatic N) is 4. The number of imidazole rings is 1. The average Bonchev–Trinajstić information content (AvgIpc) is 2.84. The van der Waals surface area contributed by atoms with E-state index in [-0.39, 0.29) is 17.0 Å². The first-order valence-corrected chi connectivity index (χ1v) is 7.42. The fourth-order valence-electron chi connectivity index (χ4n) is 3.14. The Morgan fingerprint density at radius 1 is 1.27 bits per heavy atom. The van der Waals surface area contributed by atoms with E-state index in [9.17, 15) is 13.2 Å². The molecule has 1 aliphatic carbocycles. The molecule has 2 aromatic rings. The molecule has 8 heteroatoms. The molecule has 1 fully saturated rings. The van der Waals surface area contributed by atoms with Crippen LogP contribution in [-0.2, 0) is 12.7 Å². The molecule has 120 valence electrons. The van der Waals surface area contributed by atoms with Gasteiger partial charge in [0.1, 0.15) is 5.52 Å². The Labute approximate surface area is 125 Å². The monoisotopic (exact) mass is 313 g/mol. The van der Waals surface area contributed by atoms with E-state index in [0.29, 0.717) is 18.4 Å². The van der Waals surface area contributed by atoms with Crippen molar-refractivity contribution in [2.75, 3.05) is 5.73 Å². The Bertz CT molecular complexity index is 679. The minimum Gasteiger partial charge on any atom is -0.382 e. The van der Waals surface area contributed by atoms with Gasteiger partial charge >= 0.3 is 6.18 Å². The summed E-state index contributed by atoms with van der Waals surface area (Å²) < 4.78 is 40.2. The number of rotatable bonds is 2. The van der Waals surface area contributed by atoms with Crippen LogP contribution in [0.3, 0.4) is 0 Å². The Balaban J connectivity index is 1.98. The molecule has 5 nitrogen and oxygen atoms in total. The number of nitrogen functional groups attached to an aromatic ring is 1. The molecule has 0 aliphatic heterocycles. The maximum atomic E-state index is 12.8. The normalized spacial score (nSPS) is 23.1. The number of hydrogen-bond acceptors (Lipinski definition) is 4. The molecule has 0 radical (unpaired) electrons. The van der Waals surface area contributed by atoms with E-state index in [4.69, 9.17) is 5.73 Å². The van der Waals surface area contributed by atoms with E-state index in [1.807, 2.05) is 0 Å². The Kier molecular flexibility index (Phi) is 3.70. The van der Waals surface area contributed by atoms with Crippen LogP contribution in [-0.4, -0.2) is 19.5 Å². The number of fused-ring (bicyclic) bond motifs is 1. The molecule has 2 heterocycles. The van der Waals surface area contributed by atoms with Crippen molar-refractivity contribution in [1.82, 2.24) is 19.5 Å². The maximum Gasteiger partial charge on any atom is 0.451 e. The summed E-state index contributed by atoms with van der Waals surface area (Å²) in [6.45, 7) is 2.80. The molecule has 0 aromatic carbocycles. The van der Waals surface area contributed by atoms with Crippen molar-refractivity contribution in [1.29, 1.82) is 0 Å². The van der Waals surface area contributed by atoms with Gasteiger partial charge < -0.3 is 10.3 Å². The second-order valence-corrected chi connectivity index (χ2v) is 6.02. The van der Waals surface area contributed by atoms with Crippen molar-refractivity contribution in [2.24, 2.45) is 11.8 Å². The largest absolute Gasteiger partial charge is 0.451 e. The third-order valence-corrected chi connectivity index (χ3v) is 4.46. The van der Waals surface area contributed by atoms with Gasteiger partial charge in [-0.1, -0.05) is 26.2 Å². The Morgan fingerprint density at radius 2 is 2.00 bits per heavy atom. The number of hydrogen-bond donors (Lipinski definition) is 1. The van der Waals surface area contributed by atoms with Crippen LogP contribution in [0.1, 0.15) is 38.4 Å².